The lowest BCUT2D eigenvalue weighted by Gasteiger charge is -2.37. The van der Waals surface area contributed by atoms with E-state index in [0.29, 0.717) is 5.92 Å². The smallest absolute Gasteiger partial charge is 0.308 e. The maximum Gasteiger partial charge on any atom is 0.308 e. The first-order chi connectivity index (χ1) is 16.2. The molecule has 0 unspecified atom stereocenters. The molecule has 0 spiro atoms. The number of methoxy groups -OCH3 is 1. The standard InChI is InChI=1S/C31H46O2/c1-3-4-23-7-13-26(14-8-23)27-15-9-24(10-16-27)5-6-25-11-17-28(18-12-25)29-19-21-30(22-20-29)31(32)33-2/h5-6,11-12,17-18,23-24,26-27,29-30H,3-4,7-10,13-16,19-22H2,1-2H3. The van der Waals surface area contributed by atoms with E-state index in [0.717, 1.165) is 49.4 Å². The third-order valence-electron chi connectivity index (χ3n) is 9.30. The van der Waals surface area contributed by atoms with E-state index in [4.69, 9.17) is 4.74 Å². The highest BCUT2D eigenvalue weighted by molar-refractivity contribution is 5.72. The molecule has 1 aromatic carbocycles. The summed E-state index contributed by atoms with van der Waals surface area (Å²) in [6.07, 6.45) is 23.5. The van der Waals surface area contributed by atoms with E-state index in [1.807, 2.05) is 0 Å². The Kier molecular flexibility index (Phi) is 9.10. The Labute approximate surface area is 202 Å². The van der Waals surface area contributed by atoms with Crippen LogP contribution in [0.5, 0.6) is 0 Å². The molecule has 4 rings (SSSR count). The summed E-state index contributed by atoms with van der Waals surface area (Å²) in [6.45, 7) is 2.34. The first kappa shape index (κ1) is 24.6. The first-order valence-corrected chi connectivity index (χ1v) is 14.0. The van der Waals surface area contributed by atoms with Gasteiger partial charge in [0.15, 0.2) is 0 Å². The van der Waals surface area contributed by atoms with Gasteiger partial charge in [-0.25, -0.2) is 0 Å². The zero-order valence-corrected chi connectivity index (χ0v) is 21.1. The highest BCUT2D eigenvalue weighted by Crippen LogP contribution is 2.42. The number of hydrogen-bond donors (Lipinski definition) is 0. The molecule has 3 saturated carbocycles. The molecule has 0 amide bonds. The Balaban J connectivity index is 1.19. The lowest BCUT2D eigenvalue weighted by atomic mass is 9.68. The highest BCUT2D eigenvalue weighted by atomic mass is 16.5. The highest BCUT2D eigenvalue weighted by Gasteiger charge is 2.30. The number of carbonyl (C=O) groups is 1. The number of allylic oxidation sites excluding steroid dienone is 1. The van der Waals surface area contributed by atoms with E-state index in [9.17, 15) is 4.79 Å². The van der Waals surface area contributed by atoms with Crippen LogP contribution in [0.4, 0.5) is 0 Å². The van der Waals surface area contributed by atoms with Crippen molar-refractivity contribution in [1.29, 1.82) is 0 Å². The van der Waals surface area contributed by atoms with Crippen molar-refractivity contribution >= 4 is 12.0 Å². The molecule has 0 heterocycles. The van der Waals surface area contributed by atoms with Gasteiger partial charge >= 0.3 is 5.97 Å². The third kappa shape index (κ3) is 6.74. The molecule has 33 heavy (non-hydrogen) atoms. The number of ether oxygens (including phenoxy) is 1. The van der Waals surface area contributed by atoms with Crippen molar-refractivity contribution in [3.63, 3.8) is 0 Å². The molecule has 0 atom stereocenters. The summed E-state index contributed by atoms with van der Waals surface area (Å²) in [5, 5.41) is 0. The summed E-state index contributed by atoms with van der Waals surface area (Å²) in [4.78, 5) is 11.8. The molecule has 0 bridgehead atoms. The average molecular weight is 451 g/mol. The van der Waals surface area contributed by atoms with Gasteiger partial charge in [-0.2, -0.15) is 0 Å². The lowest BCUT2D eigenvalue weighted by molar-refractivity contribution is -0.146. The minimum absolute atomic E-state index is 0.0256. The predicted octanol–water partition coefficient (Wildman–Crippen LogP) is 8.56. The van der Waals surface area contributed by atoms with Gasteiger partial charge in [-0.3, -0.25) is 4.79 Å². The largest absolute Gasteiger partial charge is 0.469 e. The molecule has 0 saturated heterocycles. The van der Waals surface area contributed by atoms with E-state index in [1.165, 1.54) is 82.4 Å². The molecule has 0 aromatic heterocycles. The summed E-state index contributed by atoms with van der Waals surface area (Å²) >= 11 is 0. The van der Waals surface area contributed by atoms with Crippen LogP contribution in [-0.2, 0) is 9.53 Å². The SMILES string of the molecule is CCCC1CCC(C2CCC(C=Cc3ccc(C4CCC(C(=O)OC)CC4)cc3)CC2)CC1. The Hall–Kier alpha value is -1.57. The second kappa shape index (κ2) is 12.2. The van der Waals surface area contributed by atoms with Crippen LogP contribution >= 0.6 is 0 Å². The van der Waals surface area contributed by atoms with Crippen LogP contribution in [0.25, 0.3) is 6.08 Å². The Morgan fingerprint density at radius 2 is 1.45 bits per heavy atom. The maximum absolute atomic E-state index is 11.8. The van der Waals surface area contributed by atoms with Crippen molar-refractivity contribution in [1.82, 2.24) is 0 Å². The molecule has 0 aliphatic heterocycles. The number of esters is 1. The van der Waals surface area contributed by atoms with Gasteiger partial charge in [0.05, 0.1) is 13.0 Å². The molecule has 3 aliphatic rings. The van der Waals surface area contributed by atoms with Gasteiger partial charge in [0.2, 0.25) is 0 Å². The predicted molar refractivity (Wildman–Crippen MR) is 138 cm³/mol. The van der Waals surface area contributed by atoms with Gasteiger partial charge in [-0.1, -0.05) is 69.0 Å². The van der Waals surface area contributed by atoms with Crippen molar-refractivity contribution in [3.05, 3.63) is 41.5 Å². The Morgan fingerprint density at radius 1 is 0.848 bits per heavy atom. The van der Waals surface area contributed by atoms with Gasteiger partial charge in [0, 0.05) is 0 Å². The average Bonchev–Trinajstić information content (AvgIpc) is 2.88. The van der Waals surface area contributed by atoms with Gasteiger partial charge in [-0.05, 0) is 105 Å². The van der Waals surface area contributed by atoms with Crippen LogP contribution in [0.1, 0.15) is 114 Å². The number of rotatable bonds is 7. The van der Waals surface area contributed by atoms with Crippen molar-refractivity contribution < 1.29 is 9.53 Å². The topological polar surface area (TPSA) is 26.3 Å². The van der Waals surface area contributed by atoms with Crippen LogP contribution < -0.4 is 0 Å². The van der Waals surface area contributed by atoms with Crippen LogP contribution in [0.2, 0.25) is 0 Å². The fourth-order valence-corrected chi connectivity index (χ4v) is 7.12. The Bertz CT molecular complexity index is 740. The molecule has 0 N–H and O–H groups in total. The molecule has 182 valence electrons. The van der Waals surface area contributed by atoms with Gasteiger partial charge in [0.1, 0.15) is 0 Å². The second-order valence-corrected chi connectivity index (χ2v) is 11.3. The molecular weight excluding hydrogens is 404 g/mol. The summed E-state index contributed by atoms with van der Waals surface area (Å²) < 4.78 is 4.93. The van der Waals surface area contributed by atoms with E-state index in [2.05, 4.69) is 43.3 Å². The summed E-state index contributed by atoms with van der Waals surface area (Å²) in [5.74, 6) is 4.51. The molecule has 2 nitrogen and oxygen atoms in total. The number of carbonyl (C=O) groups excluding carboxylic acids is 1. The number of hydrogen-bond acceptors (Lipinski definition) is 2. The third-order valence-corrected chi connectivity index (χ3v) is 9.30. The van der Waals surface area contributed by atoms with Crippen LogP contribution in [0.3, 0.4) is 0 Å². The van der Waals surface area contributed by atoms with Gasteiger partial charge in [0.25, 0.3) is 0 Å². The number of benzene rings is 1. The van der Waals surface area contributed by atoms with Crippen LogP contribution in [0, 0.1) is 29.6 Å². The fourth-order valence-electron chi connectivity index (χ4n) is 7.12. The zero-order chi connectivity index (χ0) is 23.0. The van der Waals surface area contributed by atoms with E-state index < -0.39 is 0 Å². The first-order valence-electron chi connectivity index (χ1n) is 14.0. The Morgan fingerprint density at radius 3 is 2.03 bits per heavy atom. The van der Waals surface area contributed by atoms with Crippen molar-refractivity contribution in [3.8, 4) is 0 Å². The van der Waals surface area contributed by atoms with E-state index in [1.54, 1.807) is 0 Å². The van der Waals surface area contributed by atoms with Crippen molar-refractivity contribution in [2.75, 3.05) is 7.11 Å². The second-order valence-electron chi connectivity index (χ2n) is 11.3. The zero-order valence-electron chi connectivity index (χ0n) is 21.1. The molecule has 1 aromatic rings. The van der Waals surface area contributed by atoms with Gasteiger partial charge < -0.3 is 4.74 Å². The van der Waals surface area contributed by atoms with Crippen molar-refractivity contribution in [2.45, 2.75) is 103 Å². The van der Waals surface area contributed by atoms with Crippen LogP contribution in [0.15, 0.2) is 30.3 Å². The molecule has 3 fully saturated rings. The quantitative estimate of drug-likeness (QED) is 0.389. The maximum atomic E-state index is 11.8. The van der Waals surface area contributed by atoms with E-state index in [-0.39, 0.29) is 11.9 Å². The molecule has 2 heteroatoms. The molecule has 0 radical (unpaired) electrons. The monoisotopic (exact) mass is 450 g/mol. The van der Waals surface area contributed by atoms with Crippen molar-refractivity contribution in [2.24, 2.45) is 29.6 Å². The fraction of sp³-hybridized carbons (Fsp3) is 0.710. The van der Waals surface area contributed by atoms with E-state index >= 15 is 0 Å². The minimum Gasteiger partial charge on any atom is -0.469 e. The summed E-state index contributed by atoms with van der Waals surface area (Å²) in [5.41, 5.74) is 2.77. The van der Waals surface area contributed by atoms with Gasteiger partial charge in [-0.15, -0.1) is 0 Å². The minimum atomic E-state index is -0.0256. The summed E-state index contributed by atoms with van der Waals surface area (Å²) in [7, 11) is 1.51. The normalized spacial score (nSPS) is 33.2. The van der Waals surface area contributed by atoms with Crippen LogP contribution in [-0.4, -0.2) is 13.1 Å². The molecular formula is C31H46O2. The lowest BCUT2D eigenvalue weighted by Crippen LogP contribution is -2.25. The summed E-state index contributed by atoms with van der Waals surface area (Å²) in [6, 6.07) is 9.21. The molecule has 3 aliphatic carbocycles.